The lowest BCUT2D eigenvalue weighted by Crippen LogP contribution is -2.42. The quantitative estimate of drug-likeness (QED) is 0.583. The van der Waals surface area contributed by atoms with Crippen molar-refractivity contribution in [2.45, 2.75) is 25.7 Å². The third kappa shape index (κ3) is 6.81. The van der Waals surface area contributed by atoms with Crippen molar-refractivity contribution >= 4 is 33.6 Å². The van der Waals surface area contributed by atoms with Crippen molar-refractivity contribution in [1.29, 1.82) is 0 Å². The average Bonchev–Trinajstić information content (AvgIpc) is 2.76. The molecule has 2 N–H and O–H groups in total. The first kappa shape index (κ1) is 24.9. The van der Waals surface area contributed by atoms with E-state index in [-0.39, 0.29) is 16.4 Å². The number of imide groups is 1. The van der Waals surface area contributed by atoms with E-state index in [0.717, 1.165) is 9.87 Å². The number of benzene rings is 2. The summed E-state index contributed by atoms with van der Waals surface area (Å²) in [6.07, 6.45) is 0. The van der Waals surface area contributed by atoms with E-state index in [1.807, 2.05) is 20.8 Å². The number of hydrogen-bond donors (Lipinski definition) is 2. The van der Waals surface area contributed by atoms with E-state index < -0.39 is 34.5 Å². The molecule has 3 amide bonds. The average molecular weight is 462 g/mol. The van der Waals surface area contributed by atoms with Crippen LogP contribution in [0.5, 0.6) is 0 Å². The molecular weight excluding hydrogens is 434 g/mol. The van der Waals surface area contributed by atoms with Crippen molar-refractivity contribution in [3.63, 3.8) is 0 Å². The Bertz CT molecular complexity index is 1060. The number of amides is 3. The molecule has 172 valence electrons. The molecule has 0 atom stereocenters. The highest BCUT2D eigenvalue weighted by Gasteiger charge is 2.21. The minimum absolute atomic E-state index is 0.131. The predicted molar refractivity (Wildman–Crippen MR) is 120 cm³/mol. The molecule has 0 aliphatic carbocycles. The van der Waals surface area contributed by atoms with Crippen LogP contribution in [0.25, 0.3) is 0 Å². The Morgan fingerprint density at radius 1 is 1.00 bits per heavy atom. The molecule has 0 radical (unpaired) electrons. The van der Waals surface area contributed by atoms with Crippen LogP contribution in [0.15, 0.2) is 53.4 Å². The van der Waals surface area contributed by atoms with Gasteiger partial charge >= 0.3 is 12.0 Å². The van der Waals surface area contributed by atoms with Crippen LogP contribution < -0.4 is 14.9 Å². The Morgan fingerprint density at radius 3 is 2.16 bits per heavy atom. The summed E-state index contributed by atoms with van der Waals surface area (Å²) >= 11 is 0. The molecule has 2 rings (SSSR count). The Kier molecular flexibility index (Phi) is 8.36. The summed E-state index contributed by atoms with van der Waals surface area (Å²) in [5.74, 6) is -1.32. The van der Waals surface area contributed by atoms with Gasteiger partial charge in [0.1, 0.15) is 0 Å². The van der Waals surface area contributed by atoms with Crippen molar-refractivity contribution in [3.05, 3.63) is 59.7 Å². The Labute approximate surface area is 187 Å². The van der Waals surface area contributed by atoms with E-state index in [0.29, 0.717) is 12.2 Å². The standard InChI is InChI=1S/C22H27N3O6S/c1-15(2)13-23-22(28)24-20(26)14-31-21(27)17-7-9-18(10-8-17)25(4)32(29,30)19-11-5-16(3)6-12-19/h5-12,15H,13-14H2,1-4H3,(H2,23,24,26,28). The van der Waals surface area contributed by atoms with Crippen LogP contribution in [0.2, 0.25) is 0 Å². The Balaban J connectivity index is 1.95. The summed E-state index contributed by atoms with van der Waals surface area (Å²) < 4.78 is 31.5. The summed E-state index contributed by atoms with van der Waals surface area (Å²) in [6.45, 7) is 5.45. The minimum Gasteiger partial charge on any atom is -0.452 e. The van der Waals surface area contributed by atoms with Crippen LogP contribution in [0.1, 0.15) is 29.8 Å². The maximum absolute atomic E-state index is 12.8. The number of aryl methyl sites for hydroxylation is 1. The number of esters is 1. The fourth-order valence-corrected chi connectivity index (χ4v) is 3.73. The van der Waals surface area contributed by atoms with Gasteiger partial charge in [0.2, 0.25) is 0 Å². The van der Waals surface area contributed by atoms with Gasteiger partial charge in [0.15, 0.2) is 6.61 Å². The van der Waals surface area contributed by atoms with Crippen molar-refractivity contribution < 1.29 is 27.5 Å². The van der Waals surface area contributed by atoms with Gasteiger partial charge in [-0.25, -0.2) is 18.0 Å². The highest BCUT2D eigenvalue weighted by atomic mass is 32.2. The zero-order chi connectivity index (χ0) is 23.9. The van der Waals surface area contributed by atoms with Crippen LogP contribution in [-0.4, -0.2) is 46.5 Å². The summed E-state index contributed by atoms with van der Waals surface area (Å²) in [4.78, 5) is 35.6. The normalized spacial score (nSPS) is 11.0. The summed E-state index contributed by atoms with van der Waals surface area (Å²) in [6, 6.07) is 11.5. The van der Waals surface area contributed by atoms with Crippen molar-refractivity contribution in [1.82, 2.24) is 10.6 Å². The molecule has 2 aromatic carbocycles. The number of carbonyl (C=O) groups is 3. The number of urea groups is 1. The fourth-order valence-electron chi connectivity index (χ4n) is 2.53. The van der Waals surface area contributed by atoms with Crippen molar-refractivity contribution in [2.75, 3.05) is 24.5 Å². The lowest BCUT2D eigenvalue weighted by atomic mass is 10.2. The monoisotopic (exact) mass is 461 g/mol. The van der Waals surface area contributed by atoms with E-state index in [1.165, 1.54) is 43.4 Å². The Hall–Kier alpha value is -3.40. The van der Waals surface area contributed by atoms with Gasteiger partial charge in [0.25, 0.3) is 15.9 Å². The number of carbonyl (C=O) groups excluding carboxylic acids is 3. The molecule has 0 bridgehead atoms. The molecular formula is C22H27N3O6S. The molecule has 0 fully saturated rings. The molecule has 2 aromatic rings. The molecule has 0 aliphatic rings. The first-order valence-corrected chi connectivity index (χ1v) is 11.3. The van der Waals surface area contributed by atoms with Gasteiger partial charge in [-0.2, -0.15) is 0 Å². The van der Waals surface area contributed by atoms with E-state index >= 15 is 0 Å². The van der Waals surface area contributed by atoms with Gasteiger partial charge < -0.3 is 10.1 Å². The van der Waals surface area contributed by atoms with Gasteiger partial charge in [-0.05, 0) is 49.2 Å². The van der Waals surface area contributed by atoms with Gasteiger partial charge in [0.05, 0.1) is 16.1 Å². The molecule has 9 nitrogen and oxygen atoms in total. The third-order valence-corrected chi connectivity index (χ3v) is 6.20. The molecule has 32 heavy (non-hydrogen) atoms. The van der Waals surface area contributed by atoms with E-state index in [4.69, 9.17) is 4.74 Å². The highest BCUT2D eigenvalue weighted by molar-refractivity contribution is 7.92. The number of nitrogens with one attached hydrogen (secondary N) is 2. The summed E-state index contributed by atoms with van der Waals surface area (Å²) in [5.41, 5.74) is 1.42. The maximum Gasteiger partial charge on any atom is 0.338 e. The minimum atomic E-state index is -3.76. The number of nitrogens with zero attached hydrogens (tertiary/aromatic N) is 1. The van der Waals surface area contributed by atoms with Crippen LogP contribution in [-0.2, 0) is 19.6 Å². The number of rotatable bonds is 8. The van der Waals surface area contributed by atoms with Crippen LogP contribution in [0, 0.1) is 12.8 Å². The Morgan fingerprint density at radius 2 is 1.59 bits per heavy atom. The predicted octanol–water partition coefficient (Wildman–Crippen LogP) is 2.46. The second-order valence-corrected chi connectivity index (χ2v) is 9.53. The molecule has 0 heterocycles. The molecule has 10 heteroatoms. The lowest BCUT2D eigenvalue weighted by molar-refractivity contribution is -0.123. The molecule has 0 aliphatic heterocycles. The van der Waals surface area contributed by atoms with Crippen LogP contribution in [0.3, 0.4) is 0 Å². The fraction of sp³-hybridized carbons (Fsp3) is 0.318. The number of hydrogen-bond acceptors (Lipinski definition) is 6. The zero-order valence-electron chi connectivity index (χ0n) is 18.4. The molecule has 0 spiro atoms. The SMILES string of the molecule is Cc1ccc(S(=O)(=O)N(C)c2ccc(C(=O)OCC(=O)NC(=O)NCC(C)C)cc2)cc1. The summed E-state index contributed by atoms with van der Waals surface area (Å²) in [7, 11) is -2.34. The van der Waals surface area contributed by atoms with Crippen LogP contribution >= 0.6 is 0 Å². The maximum atomic E-state index is 12.8. The lowest BCUT2D eigenvalue weighted by Gasteiger charge is -2.19. The third-order valence-electron chi connectivity index (χ3n) is 4.40. The van der Waals surface area contributed by atoms with Crippen LogP contribution in [0.4, 0.5) is 10.5 Å². The largest absolute Gasteiger partial charge is 0.452 e. The second-order valence-electron chi connectivity index (χ2n) is 7.56. The second kappa shape index (κ2) is 10.8. The number of ether oxygens (including phenoxy) is 1. The van der Waals surface area contributed by atoms with E-state index in [2.05, 4.69) is 10.6 Å². The zero-order valence-corrected chi connectivity index (χ0v) is 19.2. The molecule has 0 saturated heterocycles. The van der Waals surface area contributed by atoms with Gasteiger partial charge in [-0.3, -0.25) is 14.4 Å². The van der Waals surface area contributed by atoms with Gasteiger partial charge in [0, 0.05) is 13.6 Å². The first-order chi connectivity index (χ1) is 15.0. The molecule has 0 saturated carbocycles. The highest BCUT2D eigenvalue weighted by Crippen LogP contribution is 2.23. The van der Waals surface area contributed by atoms with E-state index in [9.17, 15) is 22.8 Å². The smallest absolute Gasteiger partial charge is 0.338 e. The number of sulfonamides is 1. The van der Waals surface area contributed by atoms with Crippen molar-refractivity contribution in [2.24, 2.45) is 5.92 Å². The van der Waals surface area contributed by atoms with Crippen molar-refractivity contribution in [3.8, 4) is 0 Å². The molecule has 0 unspecified atom stereocenters. The molecule has 0 aromatic heterocycles. The van der Waals surface area contributed by atoms with Gasteiger partial charge in [-0.15, -0.1) is 0 Å². The summed E-state index contributed by atoms with van der Waals surface area (Å²) in [5, 5.41) is 4.57. The van der Waals surface area contributed by atoms with Gasteiger partial charge in [-0.1, -0.05) is 31.5 Å². The first-order valence-electron chi connectivity index (χ1n) is 9.91. The van der Waals surface area contributed by atoms with E-state index in [1.54, 1.807) is 12.1 Å². The topological polar surface area (TPSA) is 122 Å². The number of anilines is 1.